The van der Waals surface area contributed by atoms with Crippen LogP contribution in [0.5, 0.6) is 0 Å². The lowest BCUT2D eigenvalue weighted by Crippen LogP contribution is -2.13. The second-order valence-electron chi connectivity index (χ2n) is 4.26. The summed E-state index contributed by atoms with van der Waals surface area (Å²) in [5.41, 5.74) is 8.63. The van der Waals surface area contributed by atoms with E-state index in [4.69, 9.17) is 16.0 Å². The van der Waals surface area contributed by atoms with Gasteiger partial charge in [0.1, 0.15) is 0 Å². The third-order valence-electron chi connectivity index (χ3n) is 2.81. The Balaban J connectivity index is 2.68. The first kappa shape index (κ1) is 14.9. The minimum absolute atomic E-state index is 0.131. The molecule has 4 nitrogen and oxygen atoms in total. The van der Waals surface area contributed by atoms with Gasteiger partial charge in [0, 0.05) is 23.2 Å². The molecule has 0 aliphatic rings. The van der Waals surface area contributed by atoms with Crippen molar-refractivity contribution in [1.29, 1.82) is 0 Å². The molecule has 1 aromatic rings. The van der Waals surface area contributed by atoms with E-state index >= 15 is 0 Å². The Morgan fingerprint density at radius 3 is 2.78 bits per heavy atom. The number of nitrogens with two attached hydrogens (primary N) is 1. The quantitative estimate of drug-likeness (QED) is 0.319. The van der Waals surface area contributed by atoms with Crippen LogP contribution in [0.15, 0.2) is 23.4 Å². The van der Waals surface area contributed by atoms with Gasteiger partial charge in [-0.05, 0) is 30.5 Å². The summed E-state index contributed by atoms with van der Waals surface area (Å²) in [4.78, 5) is 0. The van der Waals surface area contributed by atoms with Crippen LogP contribution in [0, 0.1) is 6.92 Å². The van der Waals surface area contributed by atoms with Crippen molar-refractivity contribution in [1.82, 2.24) is 0 Å². The molecule has 0 bridgehead atoms. The first-order valence-corrected chi connectivity index (χ1v) is 6.93. The van der Waals surface area contributed by atoms with Gasteiger partial charge in [0.15, 0.2) is 5.84 Å². The molecule has 0 saturated carbocycles. The van der Waals surface area contributed by atoms with Gasteiger partial charge in [0.25, 0.3) is 0 Å². The molecule has 0 aliphatic heterocycles. The van der Waals surface area contributed by atoms with Crippen molar-refractivity contribution >= 4 is 17.6 Å². The molecule has 0 heterocycles. The molecule has 4 N–H and O–H groups in total. The lowest BCUT2D eigenvalue weighted by atomic mass is 10.1. The average Bonchev–Trinajstić information content (AvgIpc) is 2.36. The van der Waals surface area contributed by atoms with Crippen molar-refractivity contribution in [2.75, 3.05) is 6.61 Å². The molecule has 1 unspecified atom stereocenters. The zero-order chi connectivity index (χ0) is 13.5. The molecular formula is C13H20N2O2S. The van der Waals surface area contributed by atoms with Gasteiger partial charge < -0.3 is 16.0 Å². The SMILES string of the molecule is Cc1cc(/C(N)=N/O)ccc1CSC(C)CCO. The maximum Gasteiger partial charge on any atom is 0.170 e. The topological polar surface area (TPSA) is 78.8 Å². The molecule has 0 amide bonds. The summed E-state index contributed by atoms with van der Waals surface area (Å²) in [6.07, 6.45) is 0.811. The van der Waals surface area contributed by atoms with Crippen LogP contribution in [-0.2, 0) is 5.75 Å². The van der Waals surface area contributed by atoms with E-state index in [-0.39, 0.29) is 12.4 Å². The van der Waals surface area contributed by atoms with Crippen LogP contribution >= 0.6 is 11.8 Å². The maximum absolute atomic E-state index is 8.85. The molecule has 100 valence electrons. The predicted octanol–water partition coefficient (Wildman–Crippen LogP) is 2.09. The fourth-order valence-corrected chi connectivity index (χ4v) is 2.63. The summed E-state index contributed by atoms with van der Waals surface area (Å²) in [6.45, 7) is 4.36. The van der Waals surface area contributed by atoms with Gasteiger partial charge in [-0.2, -0.15) is 11.8 Å². The van der Waals surface area contributed by atoms with Crippen LogP contribution in [0.2, 0.25) is 0 Å². The zero-order valence-electron chi connectivity index (χ0n) is 10.8. The van der Waals surface area contributed by atoms with E-state index in [1.54, 1.807) is 0 Å². The highest BCUT2D eigenvalue weighted by Crippen LogP contribution is 2.22. The van der Waals surface area contributed by atoms with Crippen LogP contribution in [0.1, 0.15) is 30.0 Å². The summed E-state index contributed by atoms with van der Waals surface area (Å²) in [5.74, 6) is 1.04. The number of aryl methyl sites for hydroxylation is 1. The minimum Gasteiger partial charge on any atom is -0.409 e. The number of rotatable bonds is 6. The van der Waals surface area contributed by atoms with Crippen molar-refractivity contribution in [3.8, 4) is 0 Å². The average molecular weight is 268 g/mol. The van der Waals surface area contributed by atoms with E-state index in [2.05, 4.69) is 12.1 Å². The summed E-state index contributed by atoms with van der Waals surface area (Å²) in [5, 5.41) is 20.9. The molecule has 0 aliphatic carbocycles. The number of aliphatic hydroxyl groups is 1. The molecule has 1 aromatic carbocycles. The number of amidine groups is 1. The number of hydrogen-bond acceptors (Lipinski definition) is 4. The fourth-order valence-electron chi connectivity index (χ4n) is 1.57. The first-order chi connectivity index (χ1) is 8.58. The fraction of sp³-hybridized carbons (Fsp3) is 0.462. The molecular weight excluding hydrogens is 248 g/mol. The predicted molar refractivity (Wildman–Crippen MR) is 76.1 cm³/mol. The standard InChI is InChI=1S/C13H20N2O2S/c1-9-7-11(13(14)15-17)3-4-12(9)8-18-10(2)5-6-16/h3-4,7,10,16-17H,5-6,8H2,1-2H3,(H2,14,15). The first-order valence-electron chi connectivity index (χ1n) is 5.88. The monoisotopic (exact) mass is 268 g/mol. The smallest absolute Gasteiger partial charge is 0.170 e. The van der Waals surface area contributed by atoms with Crippen LogP contribution in [0.4, 0.5) is 0 Å². The maximum atomic E-state index is 8.85. The highest BCUT2D eigenvalue weighted by molar-refractivity contribution is 7.99. The Kier molecular flexibility index (Phi) is 6.01. The molecule has 1 rings (SSSR count). The van der Waals surface area contributed by atoms with Crippen molar-refractivity contribution in [3.63, 3.8) is 0 Å². The van der Waals surface area contributed by atoms with Gasteiger partial charge in [-0.3, -0.25) is 0 Å². The number of thioether (sulfide) groups is 1. The Morgan fingerprint density at radius 2 is 2.22 bits per heavy atom. The molecule has 0 aromatic heterocycles. The zero-order valence-corrected chi connectivity index (χ0v) is 11.6. The molecule has 18 heavy (non-hydrogen) atoms. The van der Waals surface area contributed by atoms with Gasteiger partial charge in [-0.1, -0.05) is 24.2 Å². The molecule has 5 heteroatoms. The van der Waals surface area contributed by atoms with E-state index in [0.29, 0.717) is 5.25 Å². The van der Waals surface area contributed by atoms with Crippen LogP contribution < -0.4 is 5.73 Å². The Hall–Kier alpha value is -1.20. The highest BCUT2D eigenvalue weighted by atomic mass is 32.2. The molecule has 1 atom stereocenters. The Morgan fingerprint density at radius 1 is 1.50 bits per heavy atom. The highest BCUT2D eigenvalue weighted by Gasteiger charge is 2.06. The van der Waals surface area contributed by atoms with Gasteiger partial charge in [-0.15, -0.1) is 0 Å². The van der Waals surface area contributed by atoms with Gasteiger partial charge >= 0.3 is 0 Å². The van der Waals surface area contributed by atoms with Crippen LogP contribution in [0.25, 0.3) is 0 Å². The van der Waals surface area contributed by atoms with Crippen LogP contribution in [-0.4, -0.2) is 28.0 Å². The number of benzene rings is 1. The molecule has 0 radical (unpaired) electrons. The number of oxime groups is 1. The lowest BCUT2D eigenvalue weighted by Gasteiger charge is -2.12. The Labute approximate surface area is 112 Å². The summed E-state index contributed by atoms with van der Waals surface area (Å²) in [6, 6.07) is 5.78. The summed E-state index contributed by atoms with van der Waals surface area (Å²) in [7, 11) is 0. The number of hydrogen-bond donors (Lipinski definition) is 3. The van der Waals surface area contributed by atoms with Crippen molar-refractivity contribution in [3.05, 3.63) is 34.9 Å². The second kappa shape index (κ2) is 7.28. The van der Waals surface area contributed by atoms with E-state index in [1.165, 1.54) is 5.56 Å². The summed E-state index contributed by atoms with van der Waals surface area (Å²) >= 11 is 1.82. The third kappa shape index (κ3) is 4.23. The lowest BCUT2D eigenvalue weighted by molar-refractivity contribution is 0.289. The van der Waals surface area contributed by atoms with E-state index < -0.39 is 0 Å². The van der Waals surface area contributed by atoms with Crippen LogP contribution in [0.3, 0.4) is 0 Å². The van der Waals surface area contributed by atoms with Crippen molar-refractivity contribution < 1.29 is 10.3 Å². The Bertz CT molecular complexity index is 421. The van der Waals surface area contributed by atoms with Crippen molar-refractivity contribution in [2.45, 2.75) is 31.3 Å². The summed E-state index contributed by atoms with van der Waals surface area (Å²) < 4.78 is 0. The number of aliphatic hydroxyl groups excluding tert-OH is 1. The van der Waals surface area contributed by atoms with E-state index in [9.17, 15) is 0 Å². The molecule has 0 fully saturated rings. The van der Waals surface area contributed by atoms with Gasteiger partial charge in [0.2, 0.25) is 0 Å². The number of nitrogens with zero attached hydrogens (tertiary/aromatic N) is 1. The normalized spacial score (nSPS) is 13.6. The largest absolute Gasteiger partial charge is 0.409 e. The van der Waals surface area contributed by atoms with Crippen molar-refractivity contribution in [2.24, 2.45) is 10.9 Å². The van der Waals surface area contributed by atoms with Gasteiger partial charge in [-0.25, -0.2) is 0 Å². The molecule has 0 saturated heterocycles. The van der Waals surface area contributed by atoms with E-state index in [0.717, 1.165) is 23.3 Å². The van der Waals surface area contributed by atoms with E-state index in [1.807, 2.05) is 36.9 Å². The second-order valence-corrected chi connectivity index (χ2v) is 5.69. The minimum atomic E-state index is 0.131. The third-order valence-corrected chi connectivity index (χ3v) is 4.09. The van der Waals surface area contributed by atoms with Gasteiger partial charge in [0.05, 0.1) is 0 Å². The molecule has 0 spiro atoms.